The van der Waals surface area contributed by atoms with Crippen molar-refractivity contribution in [3.8, 4) is 6.19 Å². The maximum atomic E-state index is 14.1. The normalized spacial score (nSPS) is 32.3. The van der Waals surface area contributed by atoms with Crippen molar-refractivity contribution in [2.75, 3.05) is 11.9 Å². The molecular formula is C33H45N7O3. The van der Waals surface area contributed by atoms with Crippen LogP contribution >= 0.6 is 0 Å². The molecule has 2 amide bonds. The molecule has 6 rings (SSSR count). The molecule has 2 aliphatic heterocycles. The number of likely N-dealkylation sites (tertiary alicyclic amines) is 1. The van der Waals surface area contributed by atoms with E-state index in [0.29, 0.717) is 50.5 Å². The van der Waals surface area contributed by atoms with E-state index in [1.807, 2.05) is 35.4 Å². The standard InChI is InChI=1S/C33H45N7O3/c1-3-4-5-6-7-12-29(42)35-18-24-20-40(38-37-24)16-15-33(25-10-8-9-11-26(25)36-30(33)43)27-17-32-21-31(32,2)28(41)14-13-23(32)19-39(27)22-34/h8-11,20,23,27-28,41H,3-7,12-19,21H2,1-2H3,(H,35,42)(H,36,43)/t23-,27-,28-,31-,32+,33-/m0/s1. The fourth-order valence-corrected chi connectivity index (χ4v) is 8.80. The van der Waals surface area contributed by atoms with E-state index in [1.54, 1.807) is 4.68 Å². The number of nitrogens with one attached hydrogen (secondary N) is 2. The van der Waals surface area contributed by atoms with E-state index in [1.165, 1.54) is 12.8 Å². The molecule has 1 aromatic heterocycles. The molecule has 10 heteroatoms. The summed E-state index contributed by atoms with van der Waals surface area (Å²) in [5, 5.41) is 36.0. The molecule has 0 unspecified atom stereocenters. The third kappa shape index (κ3) is 4.99. The maximum Gasteiger partial charge on any atom is 0.237 e. The largest absolute Gasteiger partial charge is 0.393 e. The summed E-state index contributed by atoms with van der Waals surface area (Å²) in [5.74, 6) is 0.285. The lowest BCUT2D eigenvalue weighted by atomic mass is 9.60. The summed E-state index contributed by atoms with van der Waals surface area (Å²) in [6.45, 7) is 5.74. The lowest BCUT2D eigenvalue weighted by Gasteiger charge is -2.52. The number of hydrogen-bond acceptors (Lipinski definition) is 7. The molecule has 0 radical (unpaired) electrons. The third-order valence-electron chi connectivity index (χ3n) is 11.4. The smallest absolute Gasteiger partial charge is 0.237 e. The third-order valence-corrected chi connectivity index (χ3v) is 11.4. The topological polar surface area (TPSA) is 136 Å². The van der Waals surface area contributed by atoms with Crippen LogP contribution in [0.25, 0.3) is 0 Å². The van der Waals surface area contributed by atoms with Crippen LogP contribution in [-0.2, 0) is 28.1 Å². The number of benzene rings is 1. The number of aryl methyl sites for hydroxylation is 1. The van der Waals surface area contributed by atoms with Gasteiger partial charge in [0.25, 0.3) is 0 Å². The number of nitriles is 1. The number of piperidine rings is 1. The Labute approximate surface area is 254 Å². The number of carbonyl (C=O) groups is 2. The molecule has 1 aromatic carbocycles. The summed E-state index contributed by atoms with van der Waals surface area (Å²) >= 11 is 0. The predicted molar refractivity (Wildman–Crippen MR) is 161 cm³/mol. The van der Waals surface area contributed by atoms with Crippen molar-refractivity contribution in [2.24, 2.45) is 16.7 Å². The highest BCUT2D eigenvalue weighted by molar-refractivity contribution is 6.07. The zero-order valence-corrected chi connectivity index (χ0v) is 25.5. The average molecular weight is 588 g/mol. The van der Waals surface area contributed by atoms with E-state index in [9.17, 15) is 20.0 Å². The Balaban J connectivity index is 1.19. The summed E-state index contributed by atoms with van der Waals surface area (Å²) in [4.78, 5) is 28.3. The molecule has 1 saturated heterocycles. The van der Waals surface area contributed by atoms with Gasteiger partial charge >= 0.3 is 0 Å². The Morgan fingerprint density at radius 1 is 1.23 bits per heavy atom. The number of aliphatic hydroxyl groups is 1. The van der Waals surface area contributed by atoms with Crippen molar-refractivity contribution in [1.29, 1.82) is 5.26 Å². The van der Waals surface area contributed by atoms with E-state index in [4.69, 9.17) is 0 Å². The molecule has 3 fully saturated rings. The van der Waals surface area contributed by atoms with Crippen LogP contribution in [-0.4, -0.2) is 55.5 Å². The van der Waals surface area contributed by atoms with Crippen LogP contribution < -0.4 is 10.6 Å². The van der Waals surface area contributed by atoms with E-state index in [-0.39, 0.29) is 34.8 Å². The van der Waals surface area contributed by atoms with E-state index >= 15 is 0 Å². The molecule has 0 bridgehead atoms. The number of amides is 2. The molecule has 10 nitrogen and oxygen atoms in total. The Morgan fingerprint density at radius 2 is 2.05 bits per heavy atom. The highest BCUT2D eigenvalue weighted by Gasteiger charge is 2.75. The van der Waals surface area contributed by atoms with Gasteiger partial charge in [-0.1, -0.05) is 62.9 Å². The van der Waals surface area contributed by atoms with Crippen molar-refractivity contribution >= 4 is 17.5 Å². The minimum Gasteiger partial charge on any atom is -0.393 e. The second-order valence-electron chi connectivity index (χ2n) is 13.6. The first-order chi connectivity index (χ1) is 20.8. The van der Waals surface area contributed by atoms with E-state index < -0.39 is 5.41 Å². The Hall–Kier alpha value is -3.45. The summed E-state index contributed by atoms with van der Waals surface area (Å²) in [6.07, 6.45) is 13.8. The van der Waals surface area contributed by atoms with Crippen LogP contribution in [0.4, 0.5) is 5.69 Å². The van der Waals surface area contributed by atoms with Crippen molar-refractivity contribution in [3.63, 3.8) is 0 Å². The highest BCUT2D eigenvalue weighted by Crippen LogP contribution is 2.77. The van der Waals surface area contributed by atoms with Crippen molar-refractivity contribution in [3.05, 3.63) is 41.7 Å². The summed E-state index contributed by atoms with van der Waals surface area (Å²) in [5.41, 5.74) is 1.23. The Bertz CT molecular complexity index is 1400. The lowest BCUT2D eigenvalue weighted by Crippen LogP contribution is -2.60. The number of unbranched alkanes of at least 4 members (excludes halogenated alkanes) is 4. The summed E-state index contributed by atoms with van der Waals surface area (Å²) in [7, 11) is 0. The van der Waals surface area contributed by atoms with Gasteiger partial charge in [0, 0.05) is 30.6 Å². The van der Waals surface area contributed by atoms with Gasteiger partial charge in [0.05, 0.1) is 30.3 Å². The van der Waals surface area contributed by atoms with Gasteiger partial charge < -0.3 is 20.6 Å². The van der Waals surface area contributed by atoms with Gasteiger partial charge in [-0.25, -0.2) is 0 Å². The number of aromatic nitrogens is 3. The van der Waals surface area contributed by atoms with Crippen LogP contribution in [0.1, 0.15) is 95.7 Å². The number of carbonyl (C=O) groups excluding carboxylic acids is 2. The number of anilines is 1. The molecule has 2 aromatic rings. The highest BCUT2D eigenvalue weighted by atomic mass is 16.3. The van der Waals surface area contributed by atoms with Crippen LogP contribution in [0.3, 0.4) is 0 Å². The SMILES string of the molecule is CCCCCCCC(=O)NCc1cn(CC[C@]2([C@@H]3C[C@]45C[C@@]4(C)[C@@H](O)CC[C@H]5CN3C#N)C(=O)Nc3ccccc32)nn1. The quantitative estimate of drug-likeness (QED) is 0.249. The van der Waals surface area contributed by atoms with Gasteiger partial charge in [0.2, 0.25) is 11.8 Å². The summed E-state index contributed by atoms with van der Waals surface area (Å²) in [6, 6.07) is 7.50. The zero-order valence-electron chi connectivity index (χ0n) is 25.5. The van der Waals surface area contributed by atoms with Crippen LogP contribution in [0, 0.1) is 28.2 Å². The van der Waals surface area contributed by atoms with Crippen molar-refractivity contribution in [1.82, 2.24) is 25.2 Å². The lowest BCUT2D eigenvalue weighted by molar-refractivity contribution is -0.126. The van der Waals surface area contributed by atoms with Crippen molar-refractivity contribution < 1.29 is 14.7 Å². The number of fused-ring (bicyclic) bond motifs is 1. The molecule has 4 aliphatic rings. The van der Waals surface area contributed by atoms with Gasteiger partial charge in [-0.2, -0.15) is 5.26 Å². The number of nitrogens with zero attached hydrogens (tertiary/aromatic N) is 5. The minimum absolute atomic E-state index is 0.0238. The van der Waals surface area contributed by atoms with Gasteiger partial charge in [-0.3, -0.25) is 14.3 Å². The first kappa shape index (κ1) is 29.6. The maximum absolute atomic E-state index is 14.1. The number of para-hydroxylation sites is 1. The van der Waals surface area contributed by atoms with Crippen molar-refractivity contribution in [2.45, 2.75) is 115 Å². The Morgan fingerprint density at radius 3 is 2.86 bits per heavy atom. The minimum atomic E-state index is -0.948. The van der Waals surface area contributed by atoms with Crippen LogP contribution in [0.15, 0.2) is 30.5 Å². The number of rotatable bonds is 12. The molecule has 6 atom stereocenters. The summed E-state index contributed by atoms with van der Waals surface area (Å²) < 4.78 is 1.74. The predicted octanol–water partition coefficient (Wildman–Crippen LogP) is 4.26. The van der Waals surface area contributed by atoms with Gasteiger partial charge in [-0.05, 0) is 61.5 Å². The number of hydrogen-bond donors (Lipinski definition) is 3. The second-order valence-corrected chi connectivity index (χ2v) is 13.6. The molecular weight excluding hydrogens is 542 g/mol. The second kappa shape index (κ2) is 11.6. The molecule has 3 heterocycles. The number of aliphatic hydroxyl groups excluding tert-OH is 1. The molecule has 43 heavy (non-hydrogen) atoms. The van der Waals surface area contributed by atoms with E-state index in [2.05, 4.69) is 41.0 Å². The zero-order chi connectivity index (χ0) is 30.2. The molecule has 230 valence electrons. The Kier molecular flexibility index (Phi) is 7.97. The molecule has 1 spiro atoms. The van der Waals surface area contributed by atoms with Gasteiger partial charge in [0.1, 0.15) is 5.69 Å². The monoisotopic (exact) mass is 587 g/mol. The van der Waals surface area contributed by atoms with E-state index in [0.717, 1.165) is 49.8 Å². The van der Waals surface area contributed by atoms with Gasteiger partial charge in [-0.15, -0.1) is 5.10 Å². The van der Waals surface area contributed by atoms with Gasteiger partial charge in [0.15, 0.2) is 6.19 Å². The molecule has 2 saturated carbocycles. The first-order valence-corrected chi connectivity index (χ1v) is 16.2. The fraction of sp³-hybridized carbons (Fsp3) is 0.667. The van der Waals surface area contributed by atoms with Crippen LogP contribution in [0.2, 0.25) is 0 Å². The van der Waals surface area contributed by atoms with Crippen LogP contribution in [0.5, 0.6) is 0 Å². The first-order valence-electron chi connectivity index (χ1n) is 16.2. The molecule has 2 aliphatic carbocycles. The molecule has 3 N–H and O–H groups in total. The average Bonchev–Trinajstić information content (AvgIpc) is 3.27. The fourth-order valence-electron chi connectivity index (χ4n) is 8.80.